The fourth-order valence-corrected chi connectivity index (χ4v) is 2.48. The van der Waals surface area contributed by atoms with Crippen LogP contribution in [-0.4, -0.2) is 28.3 Å². The van der Waals surface area contributed by atoms with Gasteiger partial charge in [-0.25, -0.2) is 15.0 Å². The predicted octanol–water partition coefficient (Wildman–Crippen LogP) is 3.00. The quantitative estimate of drug-likeness (QED) is 0.592. The number of thioether (sulfide) groups is 1. The Morgan fingerprint density at radius 3 is 2.71 bits per heavy atom. The molecule has 2 N–H and O–H groups in total. The maximum Gasteiger partial charge on any atom is 0.189 e. The van der Waals surface area contributed by atoms with Crippen LogP contribution in [0.15, 0.2) is 41.7 Å². The minimum Gasteiger partial charge on any atom is -0.496 e. The van der Waals surface area contributed by atoms with Crippen molar-refractivity contribution in [1.29, 1.82) is 0 Å². The second-order valence-corrected chi connectivity index (χ2v) is 5.16. The normalized spacial score (nSPS) is 10.8. The minimum absolute atomic E-state index is 0.428. The van der Waals surface area contributed by atoms with Gasteiger partial charge in [0.05, 0.1) is 7.11 Å². The number of ether oxygens (including phenoxy) is 1. The van der Waals surface area contributed by atoms with Crippen LogP contribution in [-0.2, 0) is 0 Å². The lowest BCUT2D eigenvalue weighted by Crippen LogP contribution is -1.99. The summed E-state index contributed by atoms with van der Waals surface area (Å²) in [6.45, 7) is 0. The molecular formula is C15H14N4OS. The topological polar surface area (TPSA) is 73.9 Å². The van der Waals surface area contributed by atoms with Gasteiger partial charge in [0.25, 0.3) is 0 Å². The zero-order valence-corrected chi connectivity index (χ0v) is 12.5. The summed E-state index contributed by atoms with van der Waals surface area (Å²) in [5, 5.41) is 1.53. The Bertz CT molecular complexity index is 807. The van der Waals surface area contributed by atoms with Crippen molar-refractivity contribution in [3.8, 4) is 16.9 Å². The summed E-state index contributed by atoms with van der Waals surface area (Å²) in [4.78, 5) is 13.0. The second-order valence-electron chi connectivity index (χ2n) is 4.39. The third-order valence-electron chi connectivity index (χ3n) is 3.16. The molecule has 5 nitrogen and oxygen atoms in total. The number of para-hydroxylation sites is 1. The molecule has 0 amide bonds. The first-order chi connectivity index (χ1) is 10.2. The number of fused-ring (bicyclic) bond motifs is 1. The predicted molar refractivity (Wildman–Crippen MR) is 85.5 cm³/mol. The lowest BCUT2D eigenvalue weighted by atomic mass is 10.0. The van der Waals surface area contributed by atoms with Gasteiger partial charge in [0.1, 0.15) is 11.6 Å². The van der Waals surface area contributed by atoms with Gasteiger partial charge < -0.3 is 10.5 Å². The average Bonchev–Trinajstić information content (AvgIpc) is 2.53. The summed E-state index contributed by atoms with van der Waals surface area (Å²) in [6, 6.07) is 9.65. The Morgan fingerprint density at radius 1 is 1.14 bits per heavy atom. The molecule has 0 aliphatic carbocycles. The van der Waals surface area contributed by atoms with Crippen molar-refractivity contribution < 1.29 is 4.74 Å². The number of hydrogen-bond donors (Lipinski definition) is 1. The number of nitrogens with zero attached hydrogens (tertiary/aromatic N) is 3. The van der Waals surface area contributed by atoms with E-state index in [-0.39, 0.29) is 0 Å². The van der Waals surface area contributed by atoms with Crippen LogP contribution in [0.3, 0.4) is 0 Å². The molecule has 3 aromatic rings. The Kier molecular flexibility index (Phi) is 3.62. The Labute approximate surface area is 126 Å². The molecule has 106 valence electrons. The Morgan fingerprint density at radius 2 is 1.95 bits per heavy atom. The van der Waals surface area contributed by atoms with Gasteiger partial charge in [-0.2, -0.15) is 0 Å². The maximum atomic E-state index is 6.10. The van der Waals surface area contributed by atoms with Crippen LogP contribution in [0.1, 0.15) is 0 Å². The van der Waals surface area contributed by atoms with Gasteiger partial charge in [-0.15, -0.1) is 0 Å². The van der Waals surface area contributed by atoms with Gasteiger partial charge in [-0.3, -0.25) is 0 Å². The van der Waals surface area contributed by atoms with Crippen LogP contribution in [0.4, 0.5) is 5.82 Å². The van der Waals surface area contributed by atoms with Crippen LogP contribution in [0.25, 0.3) is 22.2 Å². The number of methoxy groups -OCH3 is 1. The monoisotopic (exact) mass is 298 g/mol. The molecule has 3 rings (SSSR count). The van der Waals surface area contributed by atoms with E-state index in [0.29, 0.717) is 16.6 Å². The molecule has 6 heteroatoms. The SMILES string of the molecule is COc1ccccc1-c1cc2cnc(SC)nc2nc1N. The van der Waals surface area contributed by atoms with Gasteiger partial charge in [-0.1, -0.05) is 30.0 Å². The molecule has 21 heavy (non-hydrogen) atoms. The Balaban J connectivity index is 2.21. The zero-order valence-electron chi connectivity index (χ0n) is 11.7. The summed E-state index contributed by atoms with van der Waals surface area (Å²) < 4.78 is 5.39. The minimum atomic E-state index is 0.428. The van der Waals surface area contributed by atoms with Crippen molar-refractivity contribution in [2.45, 2.75) is 5.16 Å². The third-order valence-corrected chi connectivity index (χ3v) is 3.72. The highest BCUT2D eigenvalue weighted by Crippen LogP contribution is 2.34. The highest BCUT2D eigenvalue weighted by Gasteiger charge is 2.12. The van der Waals surface area contributed by atoms with E-state index >= 15 is 0 Å². The molecule has 1 aromatic carbocycles. The number of aromatic nitrogens is 3. The van der Waals surface area contributed by atoms with Crippen molar-refractivity contribution in [2.75, 3.05) is 19.1 Å². The first-order valence-electron chi connectivity index (χ1n) is 6.33. The number of benzene rings is 1. The fraction of sp³-hybridized carbons (Fsp3) is 0.133. The molecule has 0 fully saturated rings. The molecule has 2 aromatic heterocycles. The number of pyridine rings is 1. The lowest BCUT2D eigenvalue weighted by molar-refractivity contribution is 0.416. The fourth-order valence-electron chi connectivity index (χ4n) is 2.14. The van der Waals surface area contributed by atoms with Gasteiger partial charge in [0, 0.05) is 22.7 Å². The van der Waals surface area contributed by atoms with E-state index in [1.165, 1.54) is 11.8 Å². The van der Waals surface area contributed by atoms with Crippen LogP contribution in [0.2, 0.25) is 0 Å². The standard InChI is InChI=1S/C15H14N4OS/c1-20-12-6-4-3-5-10(12)11-7-9-8-17-15(21-2)19-14(9)18-13(11)16/h3-8H,1-2H3,(H2,16,17,18,19). The van der Waals surface area contributed by atoms with Gasteiger partial charge >= 0.3 is 0 Å². The molecule has 0 saturated carbocycles. The molecule has 2 heterocycles. The highest BCUT2D eigenvalue weighted by atomic mass is 32.2. The number of anilines is 1. The van der Waals surface area contributed by atoms with Crippen molar-refractivity contribution in [3.63, 3.8) is 0 Å². The highest BCUT2D eigenvalue weighted by molar-refractivity contribution is 7.98. The molecule has 0 radical (unpaired) electrons. The zero-order chi connectivity index (χ0) is 14.8. The van der Waals surface area contributed by atoms with Gasteiger partial charge in [0.15, 0.2) is 10.8 Å². The summed E-state index contributed by atoms with van der Waals surface area (Å²) in [5.41, 5.74) is 8.43. The molecular weight excluding hydrogens is 284 g/mol. The van der Waals surface area contributed by atoms with Crippen LogP contribution in [0, 0.1) is 0 Å². The first kappa shape index (κ1) is 13.6. The smallest absolute Gasteiger partial charge is 0.189 e. The van der Waals surface area contributed by atoms with Crippen LogP contribution in [0.5, 0.6) is 5.75 Å². The maximum absolute atomic E-state index is 6.10. The third kappa shape index (κ3) is 2.50. The molecule has 0 spiro atoms. The van der Waals surface area contributed by atoms with E-state index in [1.54, 1.807) is 13.3 Å². The summed E-state index contributed by atoms with van der Waals surface area (Å²) in [6.07, 6.45) is 3.69. The summed E-state index contributed by atoms with van der Waals surface area (Å²) in [5.74, 6) is 1.18. The second kappa shape index (κ2) is 5.57. The summed E-state index contributed by atoms with van der Waals surface area (Å²) in [7, 11) is 1.64. The average molecular weight is 298 g/mol. The van der Waals surface area contributed by atoms with E-state index in [1.807, 2.05) is 36.6 Å². The van der Waals surface area contributed by atoms with Crippen LogP contribution >= 0.6 is 11.8 Å². The molecule has 0 atom stereocenters. The van der Waals surface area contributed by atoms with Crippen molar-refractivity contribution in [2.24, 2.45) is 0 Å². The largest absolute Gasteiger partial charge is 0.496 e. The summed E-state index contributed by atoms with van der Waals surface area (Å²) >= 11 is 1.47. The number of nitrogens with two attached hydrogens (primary N) is 1. The molecule has 0 saturated heterocycles. The van der Waals surface area contributed by atoms with Gasteiger partial charge in [0.2, 0.25) is 0 Å². The van der Waals surface area contributed by atoms with Crippen molar-refractivity contribution >= 4 is 28.6 Å². The van der Waals surface area contributed by atoms with E-state index in [9.17, 15) is 0 Å². The molecule has 0 unspecified atom stereocenters. The molecule has 0 aliphatic heterocycles. The molecule has 0 aliphatic rings. The van der Waals surface area contributed by atoms with Crippen molar-refractivity contribution in [3.05, 3.63) is 36.5 Å². The molecule has 0 bridgehead atoms. The van der Waals surface area contributed by atoms with E-state index in [2.05, 4.69) is 15.0 Å². The van der Waals surface area contributed by atoms with Gasteiger partial charge in [-0.05, 0) is 18.4 Å². The first-order valence-corrected chi connectivity index (χ1v) is 7.56. The van der Waals surface area contributed by atoms with E-state index < -0.39 is 0 Å². The Hall–Kier alpha value is -2.34. The van der Waals surface area contributed by atoms with E-state index in [0.717, 1.165) is 22.3 Å². The number of nitrogen functional groups attached to an aromatic ring is 1. The number of rotatable bonds is 3. The lowest BCUT2D eigenvalue weighted by Gasteiger charge is -2.11. The van der Waals surface area contributed by atoms with E-state index in [4.69, 9.17) is 10.5 Å². The van der Waals surface area contributed by atoms with Crippen LogP contribution < -0.4 is 10.5 Å². The van der Waals surface area contributed by atoms with Crippen molar-refractivity contribution in [1.82, 2.24) is 15.0 Å². The number of hydrogen-bond acceptors (Lipinski definition) is 6.